The lowest BCUT2D eigenvalue weighted by atomic mass is 10.2. The van der Waals surface area contributed by atoms with Crippen molar-refractivity contribution in [3.05, 3.63) is 51.5 Å². The summed E-state index contributed by atoms with van der Waals surface area (Å²) in [4.78, 5) is 12.0. The first-order chi connectivity index (χ1) is 8.95. The third kappa shape index (κ3) is 3.39. The van der Waals surface area contributed by atoms with Crippen LogP contribution < -0.4 is 5.32 Å². The first kappa shape index (κ1) is 13.7. The number of phenolic OH excluding ortho intramolecular Hbond substituents is 2. The van der Waals surface area contributed by atoms with E-state index in [0.29, 0.717) is 15.2 Å². The van der Waals surface area contributed by atoms with Crippen LogP contribution in [0.1, 0.15) is 10.4 Å². The zero-order chi connectivity index (χ0) is 14.0. The second kappa shape index (κ2) is 5.50. The van der Waals surface area contributed by atoms with Gasteiger partial charge in [-0.25, -0.2) is 0 Å². The van der Waals surface area contributed by atoms with Crippen LogP contribution in [-0.4, -0.2) is 16.1 Å². The van der Waals surface area contributed by atoms with Crippen LogP contribution in [0.25, 0.3) is 0 Å². The van der Waals surface area contributed by atoms with Crippen LogP contribution in [0, 0.1) is 0 Å². The molecular formula is C13H9BrClNO3. The van der Waals surface area contributed by atoms with E-state index in [9.17, 15) is 15.0 Å². The summed E-state index contributed by atoms with van der Waals surface area (Å²) in [5.74, 6) is -0.834. The first-order valence-corrected chi connectivity index (χ1v) is 6.42. The maximum atomic E-state index is 12.0. The molecule has 2 aromatic carbocycles. The molecule has 0 aromatic heterocycles. The van der Waals surface area contributed by atoms with E-state index in [2.05, 4.69) is 21.2 Å². The van der Waals surface area contributed by atoms with Gasteiger partial charge >= 0.3 is 0 Å². The summed E-state index contributed by atoms with van der Waals surface area (Å²) in [5.41, 5.74) is 0.643. The van der Waals surface area contributed by atoms with Crippen molar-refractivity contribution in [2.24, 2.45) is 0 Å². The fourth-order valence-electron chi connectivity index (χ4n) is 1.51. The third-order valence-corrected chi connectivity index (χ3v) is 3.27. The number of nitrogens with one attached hydrogen (secondary N) is 1. The lowest BCUT2D eigenvalue weighted by Crippen LogP contribution is -2.12. The van der Waals surface area contributed by atoms with E-state index in [1.54, 1.807) is 18.2 Å². The van der Waals surface area contributed by atoms with Gasteiger partial charge in [-0.05, 0) is 46.3 Å². The van der Waals surface area contributed by atoms with Gasteiger partial charge in [0.2, 0.25) is 0 Å². The SMILES string of the molecule is O=C(Nc1cc(Cl)ccc1Br)c1cc(O)cc(O)c1. The number of hydrogen-bond donors (Lipinski definition) is 3. The molecule has 3 N–H and O–H groups in total. The molecule has 1 amide bonds. The molecule has 0 saturated heterocycles. The smallest absolute Gasteiger partial charge is 0.255 e. The Hall–Kier alpha value is -1.72. The van der Waals surface area contributed by atoms with Crippen LogP contribution in [0.15, 0.2) is 40.9 Å². The first-order valence-electron chi connectivity index (χ1n) is 5.25. The quantitative estimate of drug-likeness (QED) is 0.778. The molecule has 2 rings (SSSR count). The third-order valence-electron chi connectivity index (χ3n) is 2.34. The average molecular weight is 343 g/mol. The van der Waals surface area contributed by atoms with Gasteiger partial charge < -0.3 is 15.5 Å². The maximum absolute atomic E-state index is 12.0. The van der Waals surface area contributed by atoms with E-state index in [4.69, 9.17) is 11.6 Å². The number of carbonyl (C=O) groups excluding carboxylic acids is 1. The Balaban J connectivity index is 2.28. The number of hydrogen-bond acceptors (Lipinski definition) is 3. The van der Waals surface area contributed by atoms with E-state index in [1.807, 2.05) is 0 Å². The van der Waals surface area contributed by atoms with Crippen molar-refractivity contribution in [2.75, 3.05) is 5.32 Å². The largest absolute Gasteiger partial charge is 0.508 e. The van der Waals surface area contributed by atoms with Crippen molar-refractivity contribution in [3.63, 3.8) is 0 Å². The topological polar surface area (TPSA) is 69.6 Å². The average Bonchev–Trinajstić information content (AvgIpc) is 2.32. The van der Waals surface area contributed by atoms with Gasteiger partial charge in [0, 0.05) is 21.1 Å². The minimum Gasteiger partial charge on any atom is -0.508 e. The molecule has 0 radical (unpaired) electrons. The van der Waals surface area contributed by atoms with Gasteiger partial charge in [-0.1, -0.05) is 11.6 Å². The van der Waals surface area contributed by atoms with E-state index >= 15 is 0 Å². The number of anilines is 1. The van der Waals surface area contributed by atoms with Crippen LogP contribution >= 0.6 is 27.5 Å². The predicted molar refractivity (Wildman–Crippen MR) is 76.9 cm³/mol. The predicted octanol–water partition coefficient (Wildman–Crippen LogP) is 3.77. The van der Waals surface area contributed by atoms with Gasteiger partial charge in [0.15, 0.2) is 0 Å². The van der Waals surface area contributed by atoms with Gasteiger partial charge in [-0.2, -0.15) is 0 Å². The van der Waals surface area contributed by atoms with Crippen molar-refractivity contribution in [1.29, 1.82) is 0 Å². The van der Waals surface area contributed by atoms with Gasteiger partial charge in [0.1, 0.15) is 11.5 Å². The second-order valence-corrected chi connectivity index (χ2v) is 5.11. The van der Waals surface area contributed by atoms with Crippen LogP contribution in [0.4, 0.5) is 5.69 Å². The number of aromatic hydroxyl groups is 2. The highest BCUT2D eigenvalue weighted by molar-refractivity contribution is 9.10. The monoisotopic (exact) mass is 341 g/mol. The molecule has 0 atom stereocenters. The number of rotatable bonds is 2. The lowest BCUT2D eigenvalue weighted by Gasteiger charge is -2.08. The van der Waals surface area contributed by atoms with Crippen molar-refractivity contribution in [2.45, 2.75) is 0 Å². The molecule has 0 bridgehead atoms. The minimum absolute atomic E-state index is 0.143. The molecular weight excluding hydrogens is 334 g/mol. The highest BCUT2D eigenvalue weighted by Crippen LogP contribution is 2.27. The summed E-state index contributed by atoms with van der Waals surface area (Å²) in [6.45, 7) is 0. The maximum Gasteiger partial charge on any atom is 0.255 e. The van der Waals surface area contributed by atoms with Crippen LogP contribution in [-0.2, 0) is 0 Å². The highest BCUT2D eigenvalue weighted by atomic mass is 79.9. The Morgan fingerprint density at radius 3 is 2.37 bits per heavy atom. The summed E-state index contributed by atoms with van der Waals surface area (Å²) < 4.78 is 0.676. The zero-order valence-electron chi connectivity index (χ0n) is 9.52. The Bertz CT molecular complexity index is 626. The van der Waals surface area contributed by atoms with Gasteiger partial charge in [0.25, 0.3) is 5.91 Å². The Labute approximate surface area is 122 Å². The number of amides is 1. The number of carbonyl (C=O) groups is 1. The van der Waals surface area contributed by atoms with Crippen molar-refractivity contribution < 1.29 is 15.0 Å². The minimum atomic E-state index is -0.464. The molecule has 0 aliphatic heterocycles. The molecule has 4 nitrogen and oxygen atoms in total. The molecule has 98 valence electrons. The summed E-state index contributed by atoms with van der Waals surface area (Å²) >= 11 is 9.13. The summed E-state index contributed by atoms with van der Waals surface area (Å²) in [6, 6.07) is 8.64. The molecule has 0 aliphatic rings. The molecule has 0 saturated carbocycles. The van der Waals surface area contributed by atoms with Gasteiger partial charge in [-0.3, -0.25) is 4.79 Å². The van der Waals surface area contributed by atoms with Crippen molar-refractivity contribution in [1.82, 2.24) is 0 Å². The van der Waals surface area contributed by atoms with E-state index in [1.165, 1.54) is 12.1 Å². The van der Waals surface area contributed by atoms with Crippen molar-refractivity contribution in [3.8, 4) is 11.5 Å². The van der Waals surface area contributed by atoms with Crippen LogP contribution in [0.5, 0.6) is 11.5 Å². The fourth-order valence-corrected chi connectivity index (χ4v) is 2.03. The molecule has 0 heterocycles. The van der Waals surface area contributed by atoms with E-state index in [-0.39, 0.29) is 17.1 Å². The molecule has 0 unspecified atom stereocenters. The molecule has 0 aliphatic carbocycles. The highest BCUT2D eigenvalue weighted by Gasteiger charge is 2.11. The van der Waals surface area contributed by atoms with Crippen LogP contribution in [0.3, 0.4) is 0 Å². The van der Waals surface area contributed by atoms with Gasteiger partial charge in [0.05, 0.1) is 5.69 Å². The fraction of sp³-hybridized carbons (Fsp3) is 0. The Kier molecular flexibility index (Phi) is 3.97. The lowest BCUT2D eigenvalue weighted by molar-refractivity contribution is 0.102. The molecule has 0 spiro atoms. The molecule has 6 heteroatoms. The number of halogens is 2. The number of phenols is 2. The van der Waals surface area contributed by atoms with E-state index in [0.717, 1.165) is 6.07 Å². The van der Waals surface area contributed by atoms with E-state index < -0.39 is 5.91 Å². The molecule has 0 fully saturated rings. The molecule has 19 heavy (non-hydrogen) atoms. The standard InChI is InChI=1S/C13H9BrClNO3/c14-11-2-1-8(15)5-12(11)16-13(19)7-3-9(17)6-10(18)4-7/h1-6,17-18H,(H,16,19). The number of benzene rings is 2. The molecule has 2 aromatic rings. The van der Waals surface area contributed by atoms with Crippen LogP contribution in [0.2, 0.25) is 5.02 Å². The summed E-state index contributed by atoms with van der Waals surface area (Å²) in [6.07, 6.45) is 0. The van der Waals surface area contributed by atoms with Gasteiger partial charge in [-0.15, -0.1) is 0 Å². The Morgan fingerprint density at radius 1 is 1.11 bits per heavy atom. The second-order valence-electron chi connectivity index (χ2n) is 3.82. The summed E-state index contributed by atoms with van der Waals surface area (Å²) in [5, 5.41) is 21.8. The zero-order valence-corrected chi connectivity index (χ0v) is 11.9. The Morgan fingerprint density at radius 2 is 1.74 bits per heavy atom. The summed E-state index contributed by atoms with van der Waals surface area (Å²) in [7, 11) is 0. The van der Waals surface area contributed by atoms with Crippen molar-refractivity contribution >= 4 is 39.1 Å². The normalized spacial score (nSPS) is 10.2.